The van der Waals surface area contributed by atoms with E-state index in [4.69, 9.17) is 10.3 Å². The zero-order chi connectivity index (χ0) is 14.4. The molecule has 2 aromatic rings. The van der Waals surface area contributed by atoms with Gasteiger partial charge in [-0.3, -0.25) is 14.5 Å². The summed E-state index contributed by atoms with van der Waals surface area (Å²) in [5.41, 5.74) is 8.16. The Bertz CT molecular complexity index is 714. The monoisotopic (exact) mass is 271 g/mol. The first-order chi connectivity index (χ1) is 9.50. The molecule has 1 aliphatic rings. The lowest BCUT2D eigenvalue weighted by Crippen LogP contribution is -2.29. The van der Waals surface area contributed by atoms with E-state index >= 15 is 0 Å². The van der Waals surface area contributed by atoms with Crippen molar-refractivity contribution in [3.63, 3.8) is 0 Å². The number of fused-ring (bicyclic) bond motifs is 1. The minimum Gasteiger partial charge on any atom is -0.398 e. The van der Waals surface area contributed by atoms with Gasteiger partial charge in [0.25, 0.3) is 11.8 Å². The summed E-state index contributed by atoms with van der Waals surface area (Å²) in [6.07, 6.45) is 0. The first kappa shape index (κ1) is 12.4. The fourth-order valence-corrected chi connectivity index (χ4v) is 2.39. The van der Waals surface area contributed by atoms with E-state index in [-0.39, 0.29) is 23.9 Å². The number of hydrogen-bond donors (Lipinski definition) is 1. The summed E-state index contributed by atoms with van der Waals surface area (Å²) >= 11 is 0. The van der Waals surface area contributed by atoms with E-state index < -0.39 is 0 Å². The first-order valence-electron chi connectivity index (χ1n) is 6.17. The fraction of sp³-hybridized carbons (Fsp3) is 0.214. The van der Waals surface area contributed by atoms with E-state index in [9.17, 15) is 9.59 Å². The predicted octanol–water partition coefficient (Wildman–Crippen LogP) is 1.67. The van der Waals surface area contributed by atoms with Crippen LogP contribution >= 0.6 is 0 Å². The molecule has 2 heterocycles. The molecule has 0 fully saturated rings. The molecule has 0 radical (unpaired) electrons. The molecule has 6 heteroatoms. The average molecular weight is 271 g/mol. The molecule has 0 atom stereocenters. The number of carbonyl (C=O) groups is 2. The van der Waals surface area contributed by atoms with E-state index in [2.05, 4.69) is 5.16 Å². The van der Waals surface area contributed by atoms with Gasteiger partial charge in [0.15, 0.2) is 0 Å². The maximum atomic E-state index is 12.4. The van der Waals surface area contributed by atoms with Gasteiger partial charge < -0.3 is 10.3 Å². The van der Waals surface area contributed by atoms with Crippen molar-refractivity contribution in [2.45, 2.75) is 20.4 Å². The molecule has 102 valence electrons. The van der Waals surface area contributed by atoms with Crippen LogP contribution in [0, 0.1) is 13.8 Å². The second kappa shape index (κ2) is 4.19. The highest BCUT2D eigenvalue weighted by molar-refractivity contribution is 6.23. The number of imide groups is 1. The molecule has 0 aliphatic carbocycles. The van der Waals surface area contributed by atoms with E-state index in [1.54, 1.807) is 32.0 Å². The number of carbonyl (C=O) groups excluding carboxylic acids is 2. The second-order valence-electron chi connectivity index (χ2n) is 4.77. The van der Waals surface area contributed by atoms with Crippen molar-refractivity contribution in [1.82, 2.24) is 10.1 Å². The Morgan fingerprint density at radius 1 is 1.25 bits per heavy atom. The van der Waals surface area contributed by atoms with Gasteiger partial charge >= 0.3 is 0 Å². The zero-order valence-electron chi connectivity index (χ0n) is 11.1. The predicted molar refractivity (Wildman–Crippen MR) is 71.0 cm³/mol. The van der Waals surface area contributed by atoms with E-state index in [0.717, 1.165) is 5.56 Å². The van der Waals surface area contributed by atoms with Gasteiger partial charge in [-0.25, -0.2) is 0 Å². The number of benzene rings is 1. The van der Waals surface area contributed by atoms with Gasteiger partial charge in [0.05, 0.1) is 23.4 Å². The Kier molecular flexibility index (Phi) is 2.60. The maximum Gasteiger partial charge on any atom is 0.263 e. The molecule has 2 N–H and O–H groups in total. The van der Waals surface area contributed by atoms with Crippen LogP contribution < -0.4 is 5.73 Å². The van der Waals surface area contributed by atoms with Crippen LogP contribution in [0.4, 0.5) is 5.69 Å². The van der Waals surface area contributed by atoms with Gasteiger partial charge in [-0.05, 0) is 26.0 Å². The molecule has 0 unspecified atom stereocenters. The molecular formula is C14H13N3O3. The number of anilines is 1. The SMILES string of the molecule is Cc1noc(C)c1CN1C(=O)c2cccc(N)c2C1=O. The molecule has 2 amide bonds. The number of hydrogen-bond acceptors (Lipinski definition) is 5. The molecule has 0 saturated carbocycles. The molecule has 6 nitrogen and oxygen atoms in total. The average Bonchev–Trinajstić information content (AvgIpc) is 2.85. The van der Waals surface area contributed by atoms with Crippen molar-refractivity contribution in [3.8, 4) is 0 Å². The number of aryl methyl sites for hydroxylation is 2. The van der Waals surface area contributed by atoms with Gasteiger partial charge in [-0.1, -0.05) is 11.2 Å². The molecule has 1 aromatic heterocycles. The van der Waals surface area contributed by atoms with Crippen LogP contribution in [-0.4, -0.2) is 21.9 Å². The minimum atomic E-state index is -0.372. The Labute approximate surface area is 115 Å². The van der Waals surface area contributed by atoms with Crippen LogP contribution in [0.15, 0.2) is 22.7 Å². The molecule has 1 aliphatic heterocycles. The topological polar surface area (TPSA) is 89.4 Å². The van der Waals surface area contributed by atoms with E-state index in [1.807, 2.05) is 0 Å². The fourth-order valence-electron chi connectivity index (χ4n) is 2.39. The summed E-state index contributed by atoms with van der Waals surface area (Å²) in [5, 5.41) is 3.83. The Morgan fingerprint density at radius 3 is 2.60 bits per heavy atom. The zero-order valence-corrected chi connectivity index (χ0v) is 11.1. The molecule has 0 spiro atoms. The maximum absolute atomic E-state index is 12.4. The van der Waals surface area contributed by atoms with Gasteiger partial charge in [0, 0.05) is 11.3 Å². The van der Waals surface area contributed by atoms with E-state index in [1.165, 1.54) is 4.90 Å². The third kappa shape index (κ3) is 1.61. The smallest absolute Gasteiger partial charge is 0.263 e. The Morgan fingerprint density at radius 2 is 2.00 bits per heavy atom. The third-order valence-corrected chi connectivity index (χ3v) is 3.53. The lowest BCUT2D eigenvalue weighted by Gasteiger charge is -2.13. The number of nitrogens with zero attached hydrogens (tertiary/aromatic N) is 2. The Hall–Kier alpha value is -2.63. The Balaban J connectivity index is 2.01. The first-order valence-corrected chi connectivity index (χ1v) is 6.17. The van der Waals surface area contributed by atoms with Gasteiger partial charge in [0.2, 0.25) is 0 Å². The molecule has 3 rings (SSSR count). The van der Waals surface area contributed by atoms with Crippen LogP contribution in [-0.2, 0) is 6.54 Å². The van der Waals surface area contributed by atoms with Crippen LogP contribution in [0.5, 0.6) is 0 Å². The molecule has 20 heavy (non-hydrogen) atoms. The van der Waals surface area contributed by atoms with Gasteiger partial charge in [-0.15, -0.1) is 0 Å². The summed E-state index contributed by atoms with van der Waals surface area (Å²) in [6.45, 7) is 3.67. The quantitative estimate of drug-likeness (QED) is 0.663. The van der Waals surface area contributed by atoms with Gasteiger partial charge in [0.1, 0.15) is 5.76 Å². The van der Waals surface area contributed by atoms with Gasteiger partial charge in [-0.2, -0.15) is 0 Å². The lowest BCUT2D eigenvalue weighted by atomic mass is 10.1. The number of rotatable bonds is 2. The number of nitrogen functional groups attached to an aromatic ring is 1. The largest absolute Gasteiger partial charge is 0.398 e. The van der Waals surface area contributed by atoms with Crippen molar-refractivity contribution < 1.29 is 14.1 Å². The summed E-state index contributed by atoms with van der Waals surface area (Å²) < 4.78 is 5.05. The van der Waals surface area contributed by atoms with Crippen molar-refractivity contribution >= 4 is 17.5 Å². The van der Waals surface area contributed by atoms with Crippen LogP contribution in [0.25, 0.3) is 0 Å². The number of amides is 2. The summed E-state index contributed by atoms with van der Waals surface area (Å²) in [5.74, 6) is -0.104. The lowest BCUT2D eigenvalue weighted by molar-refractivity contribution is 0.0642. The number of nitrogens with two attached hydrogens (primary N) is 1. The normalized spacial score (nSPS) is 14.0. The van der Waals surface area contributed by atoms with Crippen LogP contribution in [0.3, 0.4) is 0 Å². The molecule has 1 aromatic carbocycles. The van der Waals surface area contributed by atoms with Crippen LogP contribution in [0.2, 0.25) is 0 Å². The number of aromatic nitrogens is 1. The highest BCUT2D eigenvalue weighted by Crippen LogP contribution is 2.29. The summed E-state index contributed by atoms with van der Waals surface area (Å²) in [4.78, 5) is 25.8. The van der Waals surface area contributed by atoms with Crippen molar-refractivity contribution in [3.05, 3.63) is 46.3 Å². The second-order valence-corrected chi connectivity index (χ2v) is 4.77. The standard InChI is InChI=1S/C14H13N3O3/c1-7-10(8(2)20-16-7)6-17-13(18)9-4-3-5-11(15)12(9)14(17)19/h3-5H,6,15H2,1-2H3. The molecular weight excluding hydrogens is 258 g/mol. The van der Waals surface area contributed by atoms with Crippen molar-refractivity contribution in [1.29, 1.82) is 0 Å². The van der Waals surface area contributed by atoms with Crippen molar-refractivity contribution in [2.24, 2.45) is 0 Å². The van der Waals surface area contributed by atoms with Crippen molar-refractivity contribution in [2.75, 3.05) is 5.73 Å². The van der Waals surface area contributed by atoms with E-state index in [0.29, 0.717) is 22.7 Å². The third-order valence-electron chi connectivity index (χ3n) is 3.53. The highest BCUT2D eigenvalue weighted by Gasteiger charge is 2.37. The minimum absolute atomic E-state index is 0.146. The summed E-state index contributed by atoms with van der Waals surface area (Å²) in [6, 6.07) is 4.89. The summed E-state index contributed by atoms with van der Waals surface area (Å²) in [7, 11) is 0. The highest BCUT2D eigenvalue weighted by atomic mass is 16.5. The van der Waals surface area contributed by atoms with Crippen LogP contribution in [0.1, 0.15) is 37.7 Å². The molecule has 0 saturated heterocycles. The molecule has 0 bridgehead atoms.